The van der Waals surface area contributed by atoms with Gasteiger partial charge in [-0.25, -0.2) is 0 Å². The van der Waals surface area contributed by atoms with Crippen LogP contribution in [0.1, 0.15) is 271 Å². The predicted octanol–water partition coefficient (Wildman–Crippen LogP) is 14.0. The average Bonchev–Trinajstić information content (AvgIpc) is 3.33. The molecule has 1 fully saturated rings. The Labute approximate surface area is 412 Å². The second kappa shape index (κ2) is 48.1. The smallest absolute Gasteiger partial charge is 0.220 e. The van der Waals surface area contributed by atoms with Crippen molar-refractivity contribution in [3.05, 3.63) is 36.5 Å². The minimum absolute atomic E-state index is 0.186. The monoisotopic (exact) mass is 948 g/mol. The van der Waals surface area contributed by atoms with E-state index in [2.05, 4.69) is 43.5 Å². The van der Waals surface area contributed by atoms with Gasteiger partial charge in [0.1, 0.15) is 24.4 Å². The Kier molecular flexibility index (Phi) is 45.5. The van der Waals surface area contributed by atoms with Gasteiger partial charge in [0.25, 0.3) is 0 Å². The van der Waals surface area contributed by atoms with Crippen LogP contribution in [0.2, 0.25) is 0 Å². The number of aliphatic hydroxyl groups is 5. The summed E-state index contributed by atoms with van der Waals surface area (Å²) in [6, 6.07) is -0.826. The van der Waals surface area contributed by atoms with E-state index in [1.807, 2.05) is 6.08 Å². The van der Waals surface area contributed by atoms with E-state index >= 15 is 0 Å². The van der Waals surface area contributed by atoms with Crippen LogP contribution >= 0.6 is 0 Å². The first-order valence-corrected chi connectivity index (χ1v) is 28.7. The molecule has 1 rings (SSSR count). The van der Waals surface area contributed by atoms with Gasteiger partial charge < -0.3 is 40.3 Å². The molecule has 6 N–H and O–H groups in total. The molecule has 394 valence electrons. The Morgan fingerprint density at radius 2 is 0.851 bits per heavy atom. The van der Waals surface area contributed by atoms with Gasteiger partial charge in [0.2, 0.25) is 5.91 Å². The highest BCUT2D eigenvalue weighted by atomic mass is 16.7. The number of ether oxygens (including phenoxy) is 2. The minimum atomic E-state index is -1.57. The molecule has 0 spiro atoms. The molecule has 0 aliphatic carbocycles. The molecule has 1 heterocycles. The van der Waals surface area contributed by atoms with Crippen molar-refractivity contribution >= 4 is 5.91 Å². The average molecular weight is 949 g/mol. The Hall–Kier alpha value is -1.59. The van der Waals surface area contributed by atoms with Gasteiger partial charge in [-0.1, -0.05) is 256 Å². The fourth-order valence-electron chi connectivity index (χ4n) is 9.13. The van der Waals surface area contributed by atoms with Gasteiger partial charge in [0, 0.05) is 6.42 Å². The zero-order valence-corrected chi connectivity index (χ0v) is 43.7. The van der Waals surface area contributed by atoms with E-state index in [0.29, 0.717) is 6.42 Å². The van der Waals surface area contributed by atoms with Crippen LogP contribution in [0, 0.1) is 0 Å². The maximum absolute atomic E-state index is 13.0. The largest absolute Gasteiger partial charge is 0.394 e. The number of amides is 1. The first-order chi connectivity index (χ1) is 32.8. The number of carbonyl (C=O) groups excluding carboxylic acids is 1. The second-order valence-corrected chi connectivity index (χ2v) is 20.1. The number of hydrogen-bond acceptors (Lipinski definition) is 8. The molecular formula is C58H109NO8. The number of rotatable bonds is 49. The summed E-state index contributed by atoms with van der Waals surface area (Å²) < 4.78 is 11.3. The quantitative estimate of drug-likeness (QED) is 0.0261. The minimum Gasteiger partial charge on any atom is -0.394 e. The Bertz CT molecular complexity index is 1150. The first kappa shape index (κ1) is 63.4. The Morgan fingerprint density at radius 3 is 1.25 bits per heavy atom. The van der Waals surface area contributed by atoms with Crippen LogP contribution in [0.15, 0.2) is 36.5 Å². The van der Waals surface area contributed by atoms with Crippen molar-refractivity contribution < 1.29 is 39.8 Å². The van der Waals surface area contributed by atoms with E-state index < -0.39 is 49.5 Å². The lowest BCUT2D eigenvalue weighted by Gasteiger charge is -2.40. The fourth-order valence-corrected chi connectivity index (χ4v) is 9.13. The lowest BCUT2D eigenvalue weighted by atomic mass is 9.99. The van der Waals surface area contributed by atoms with E-state index in [4.69, 9.17) is 9.47 Å². The maximum Gasteiger partial charge on any atom is 0.220 e. The lowest BCUT2D eigenvalue weighted by molar-refractivity contribution is -0.302. The standard InChI is InChI=1S/C58H109NO8/c1-3-5-7-9-11-13-15-17-19-21-23-25-27-29-31-33-35-37-39-41-43-45-47-52(61)51(50-66-58-57(65)56(64)55(63)53(49-60)67-58)59-54(62)48-46-44-42-40-38-36-34-32-30-28-26-24-22-20-18-16-14-12-10-8-6-4-2/h29,31,37,39,45,47,51-53,55-58,60-61,63-65H,3-28,30,32-36,38,40-44,46,48-50H2,1-2H3,(H,59,62)/b31-29+,39-37+,47-45+. The molecule has 1 aliphatic rings. The zero-order valence-electron chi connectivity index (χ0n) is 43.7. The number of allylic oxidation sites excluding steroid dienone is 5. The highest BCUT2D eigenvalue weighted by Crippen LogP contribution is 2.23. The van der Waals surface area contributed by atoms with Crippen molar-refractivity contribution in [3.8, 4) is 0 Å². The topological polar surface area (TPSA) is 149 Å². The van der Waals surface area contributed by atoms with E-state index in [9.17, 15) is 30.3 Å². The highest BCUT2D eigenvalue weighted by molar-refractivity contribution is 5.76. The van der Waals surface area contributed by atoms with Gasteiger partial charge in [-0.15, -0.1) is 0 Å². The lowest BCUT2D eigenvalue weighted by Crippen LogP contribution is -2.60. The van der Waals surface area contributed by atoms with Crippen LogP contribution < -0.4 is 5.32 Å². The molecule has 1 aliphatic heterocycles. The summed E-state index contributed by atoms with van der Waals surface area (Å²) in [5.74, 6) is -0.186. The molecule has 0 saturated carbocycles. The summed E-state index contributed by atoms with van der Waals surface area (Å²) in [7, 11) is 0. The third kappa shape index (κ3) is 37.9. The zero-order chi connectivity index (χ0) is 48.7. The molecule has 67 heavy (non-hydrogen) atoms. The molecule has 0 aromatic carbocycles. The Morgan fingerprint density at radius 1 is 0.493 bits per heavy atom. The van der Waals surface area contributed by atoms with Gasteiger partial charge >= 0.3 is 0 Å². The van der Waals surface area contributed by atoms with Crippen molar-refractivity contribution in [1.29, 1.82) is 0 Å². The number of nitrogens with one attached hydrogen (secondary N) is 1. The van der Waals surface area contributed by atoms with Crippen LogP contribution in [0.25, 0.3) is 0 Å². The summed E-state index contributed by atoms with van der Waals surface area (Å²) in [5.41, 5.74) is 0. The molecule has 1 saturated heterocycles. The molecule has 7 atom stereocenters. The van der Waals surface area contributed by atoms with Gasteiger partial charge in [0.15, 0.2) is 6.29 Å². The van der Waals surface area contributed by atoms with Crippen molar-refractivity contribution in [1.82, 2.24) is 5.32 Å². The van der Waals surface area contributed by atoms with Crippen molar-refractivity contribution in [2.24, 2.45) is 0 Å². The molecular weight excluding hydrogens is 839 g/mol. The summed E-state index contributed by atoms with van der Waals surface area (Å²) in [6.45, 7) is 3.79. The van der Waals surface area contributed by atoms with Gasteiger partial charge in [-0.2, -0.15) is 0 Å². The normalized spacial score (nSPS) is 19.9. The van der Waals surface area contributed by atoms with Gasteiger partial charge in [0.05, 0.1) is 25.4 Å². The van der Waals surface area contributed by atoms with E-state index in [0.717, 1.165) is 44.9 Å². The molecule has 0 bridgehead atoms. The molecule has 0 radical (unpaired) electrons. The maximum atomic E-state index is 13.0. The van der Waals surface area contributed by atoms with Crippen molar-refractivity contribution in [2.45, 2.75) is 314 Å². The van der Waals surface area contributed by atoms with E-state index in [1.165, 1.54) is 205 Å². The molecule has 9 nitrogen and oxygen atoms in total. The van der Waals surface area contributed by atoms with Gasteiger partial charge in [-0.3, -0.25) is 4.79 Å². The number of aliphatic hydroxyl groups excluding tert-OH is 5. The molecule has 0 aromatic rings. The molecule has 7 unspecified atom stereocenters. The number of carbonyl (C=O) groups is 1. The highest BCUT2D eigenvalue weighted by Gasteiger charge is 2.44. The third-order valence-electron chi connectivity index (χ3n) is 13.7. The van der Waals surface area contributed by atoms with E-state index in [-0.39, 0.29) is 12.5 Å². The predicted molar refractivity (Wildman–Crippen MR) is 281 cm³/mol. The summed E-state index contributed by atoms with van der Waals surface area (Å²) >= 11 is 0. The summed E-state index contributed by atoms with van der Waals surface area (Å²) in [6.07, 6.45) is 55.0. The van der Waals surface area contributed by atoms with Crippen LogP contribution in [-0.2, 0) is 14.3 Å². The number of hydrogen-bond donors (Lipinski definition) is 6. The van der Waals surface area contributed by atoms with Crippen LogP contribution in [0.4, 0.5) is 0 Å². The van der Waals surface area contributed by atoms with Gasteiger partial charge in [-0.05, 0) is 44.9 Å². The molecule has 1 amide bonds. The first-order valence-electron chi connectivity index (χ1n) is 28.7. The fraction of sp³-hybridized carbons (Fsp3) is 0.879. The van der Waals surface area contributed by atoms with Crippen LogP contribution in [0.5, 0.6) is 0 Å². The van der Waals surface area contributed by atoms with Crippen molar-refractivity contribution in [2.75, 3.05) is 13.2 Å². The SMILES string of the molecule is CCCCCCCCCCCCCC/C=C/CC/C=C/CC/C=C/C(O)C(COC1OC(CO)C(O)C(O)C1O)NC(=O)CCCCCCCCCCCCCCCCCCCCCCCC. The molecule has 9 heteroatoms. The van der Waals surface area contributed by atoms with Crippen LogP contribution in [0.3, 0.4) is 0 Å². The second-order valence-electron chi connectivity index (χ2n) is 20.1. The van der Waals surface area contributed by atoms with E-state index in [1.54, 1.807) is 6.08 Å². The Balaban J connectivity index is 2.27. The van der Waals surface area contributed by atoms with Crippen LogP contribution in [-0.4, -0.2) is 87.5 Å². The number of unbranched alkanes of at least 4 members (excludes halogenated alkanes) is 35. The summed E-state index contributed by atoms with van der Waals surface area (Å²) in [5, 5.41) is 54.5. The third-order valence-corrected chi connectivity index (χ3v) is 13.7. The summed E-state index contributed by atoms with van der Waals surface area (Å²) in [4.78, 5) is 13.0. The van der Waals surface area contributed by atoms with Crippen molar-refractivity contribution in [3.63, 3.8) is 0 Å². The molecule has 0 aromatic heterocycles.